The monoisotopic (exact) mass is 252 g/mol. The molecule has 0 saturated heterocycles. The van der Waals surface area contributed by atoms with Gasteiger partial charge in [-0.15, -0.1) is 0 Å². The summed E-state index contributed by atoms with van der Waals surface area (Å²) >= 11 is 0. The van der Waals surface area contributed by atoms with Crippen molar-refractivity contribution < 1.29 is 9.53 Å². The highest BCUT2D eigenvalue weighted by Crippen LogP contribution is 2.31. The molecular weight excluding hydrogens is 236 g/mol. The molecule has 0 heterocycles. The number of methoxy groups -OCH3 is 1. The average Bonchev–Trinajstić information content (AvgIpc) is 2.93. The third kappa shape index (κ3) is 2.14. The molecule has 1 aliphatic rings. The summed E-state index contributed by atoms with van der Waals surface area (Å²) in [5, 5.41) is 0. The summed E-state index contributed by atoms with van der Waals surface area (Å²) in [7, 11) is 1.62. The summed E-state index contributed by atoms with van der Waals surface area (Å²) in [5.74, 6) is 0.724. The molecule has 0 unspecified atom stereocenters. The zero-order valence-corrected chi connectivity index (χ0v) is 11.0. The molecule has 0 amide bonds. The van der Waals surface area contributed by atoms with Crippen LogP contribution in [0.2, 0.25) is 0 Å². The third-order valence-corrected chi connectivity index (χ3v) is 3.69. The fourth-order valence-electron chi connectivity index (χ4n) is 2.69. The standard InChI is InChI=1S/C17H16O2/c1-19-16-11-14-9-5-8-13(14)10-15(16)17(18)12-6-3-2-4-7-12/h2-4,6-7,10-11H,5,8-9H2,1H3. The number of ether oxygens (including phenoxy) is 1. The van der Waals surface area contributed by atoms with E-state index in [1.54, 1.807) is 7.11 Å². The molecule has 2 heteroatoms. The van der Waals surface area contributed by atoms with Crippen LogP contribution in [0.4, 0.5) is 0 Å². The number of aryl methyl sites for hydroxylation is 2. The van der Waals surface area contributed by atoms with E-state index < -0.39 is 0 Å². The SMILES string of the molecule is COc1cc2c(cc1C(=O)c1ccccc1)CCC2. The first kappa shape index (κ1) is 12.0. The molecule has 0 aliphatic heterocycles. The van der Waals surface area contributed by atoms with E-state index in [0.717, 1.165) is 12.8 Å². The van der Waals surface area contributed by atoms with Crippen LogP contribution in [-0.2, 0) is 12.8 Å². The third-order valence-electron chi connectivity index (χ3n) is 3.69. The molecule has 0 atom stereocenters. The lowest BCUT2D eigenvalue weighted by Gasteiger charge is -2.10. The minimum atomic E-state index is 0.0344. The number of benzene rings is 2. The Labute approximate surface area is 113 Å². The molecule has 0 N–H and O–H groups in total. The van der Waals surface area contributed by atoms with Crippen molar-refractivity contribution >= 4 is 5.78 Å². The summed E-state index contributed by atoms with van der Waals surface area (Å²) in [6.07, 6.45) is 3.32. The largest absolute Gasteiger partial charge is 0.496 e. The van der Waals surface area contributed by atoms with Crippen molar-refractivity contribution in [2.24, 2.45) is 0 Å². The van der Waals surface area contributed by atoms with Gasteiger partial charge in [-0.1, -0.05) is 30.3 Å². The lowest BCUT2D eigenvalue weighted by molar-refractivity contribution is 0.103. The lowest BCUT2D eigenvalue weighted by atomic mass is 9.98. The Morgan fingerprint density at radius 3 is 2.42 bits per heavy atom. The smallest absolute Gasteiger partial charge is 0.196 e. The number of carbonyl (C=O) groups is 1. The zero-order chi connectivity index (χ0) is 13.2. The summed E-state index contributed by atoms with van der Waals surface area (Å²) in [6.45, 7) is 0. The van der Waals surface area contributed by atoms with Gasteiger partial charge in [0.25, 0.3) is 0 Å². The van der Waals surface area contributed by atoms with Gasteiger partial charge in [0, 0.05) is 5.56 Å². The van der Waals surface area contributed by atoms with E-state index in [9.17, 15) is 4.79 Å². The molecule has 0 spiro atoms. The molecule has 3 rings (SSSR count). The minimum absolute atomic E-state index is 0.0344. The Balaban J connectivity index is 2.07. The topological polar surface area (TPSA) is 26.3 Å². The molecular formula is C17H16O2. The van der Waals surface area contributed by atoms with Crippen molar-refractivity contribution in [3.05, 3.63) is 64.7 Å². The number of rotatable bonds is 3. The first-order valence-electron chi connectivity index (χ1n) is 6.59. The van der Waals surface area contributed by atoms with Gasteiger partial charge in [0.05, 0.1) is 12.7 Å². The fourth-order valence-corrected chi connectivity index (χ4v) is 2.69. The summed E-state index contributed by atoms with van der Waals surface area (Å²) in [5.41, 5.74) is 4.00. The van der Waals surface area contributed by atoms with E-state index in [1.165, 1.54) is 17.5 Å². The molecule has 0 saturated carbocycles. The first-order valence-corrected chi connectivity index (χ1v) is 6.59. The van der Waals surface area contributed by atoms with Crippen molar-refractivity contribution in [1.82, 2.24) is 0 Å². The highest BCUT2D eigenvalue weighted by Gasteiger charge is 2.20. The van der Waals surface area contributed by atoms with Crippen LogP contribution in [0.25, 0.3) is 0 Å². The van der Waals surface area contributed by atoms with Crippen LogP contribution in [0.1, 0.15) is 33.5 Å². The summed E-state index contributed by atoms with van der Waals surface area (Å²) in [4.78, 5) is 12.5. The first-order chi connectivity index (χ1) is 9.29. The van der Waals surface area contributed by atoms with Gasteiger partial charge in [-0.3, -0.25) is 4.79 Å². The summed E-state index contributed by atoms with van der Waals surface area (Å²) < 4.78 is 5.39. The van der Waals surface area contributed by atoms with Gasteiger partial charge in [-0.25, -0.2) is 0 Å². The van der Waals surface area contributed by atoms with Crippen LogP contribution in [0.3, 0.4) is 0 Å². The molecule has 96 valence electrons. The van der Waals surface area contributed by atoms with E-state index >= 15 is 0 Å². The maximum Gasteiger partial charge on any atom is 0.196 e. The highest BCUT2D eigenvalue weighted by atomic mass is 16.5. The van der Waals surface area contributed by atoms with Crippen molar-refractivity contribution in [3.8, 4) is 5.75 Å². The average molecular weight is 252 g/mol. The number of hydrogen-bond donors (Lipinski definition) is 0. The van der Waals surface area contributed by atoms with Crippen LogP contribution < -0.4 is 4.74 Å². The Morgan fingerprint density at radius 2 is 1.74 bits per heavy atom. The number of hydrogen-bond acceptors (Lipinski definition) is 2. The van der Waals surface area contributed by atoms with Crippen molar-refractivity contribution in [3.63, 3.8) is 0 Å². The van der Waals surface area contributed by atoms with Crippen LogP contribution in [0, 0.1) is 0 Å². The second-order valence-corrected chi connectivity index (χ2v) is 4.87. The predicted octanol–water partition coefficient (Wildman–Crippen LogP) is 3.41. The molecule has 19 heavy (non-hydrogen) atoms. The Kier molecular flexibility index (Phi) is 3.08. The maximum atomic E-state index is 12.5. The second-order valence-electron chi connectivity index (χ2n) is 4.87. The quantitative estimate of drug-likeness (QED) is 0.782. The van der Waals surface area contributed by atoms with Crippen LogP contribution in [0.15, 0.2) is 42.5 Å². The predicted molar refractivity (Wildman–Crippen MR) is 74.9 cm³/mol. The van der Waals surface area contributed by atoms with E-state index in [-0.39, 0.29) is 5.78 Å². The molecule has 0 aromatic heterocycles. The summed E-state index contributed by atoms with van der Waals surface area (Å²) in [6, 6.07) is 13.4. The molecule has 0 bridgehead atoms. The molecule has 1 aliphatic carbocycles. The maximum absolute atomic E-state index is 12.5. The fraction of sp³-hybridized carbons (Fsp3) is 0.235. The normalized spacial score (nSPS) is 13.1. The van der Waals surface area contributed by atoms with Gasteiger partial charge in [-0.2, -0.15) is 0 Å². The zero-order valence-electron chi connectivity index (χ0n) is 11.0. The number of fused-ring (bicyclic) bond motifs is 1. The second kappa shape index (κ2) is 4.88. The Hall–Kier alpha value is -2.09. The molecule has 2 aromatic rings. The van der Waals surface area contributed by atoms with Gasteiger partial charge < -0.3 is 4.74 Å². The van der Waals surface area contributed by atoms with E-state index in [1.807, 2.05) is 42.5 Å². The van der Waals surface area contributed by atoms with E-state index in [4.69, 9.17) is 4.74 Å². The van der Waals surface area contributed by atoms with E-state index in [2.05, 4.69) is 0 Å². The molecule has 2 aromatic carbocycles. The van der Waals surface area contributed by atoms with Crippen molar-refractivity contribution in [1.29, 1.82) is 0 Å². The number of carbonyl (C=O) groups excluding carboxylic acids is 1. The van der Waals surface area contributed by atoms with Crippen LogP contribution in [0.5, 0.6) is 5.75 Å². The van der Waals surface area contributed by atoms with Crippen molar-refractivity contribution in [2.75, 3.05) is 7.11 Å². The highest BCUT2D eigenvalue weighted by molar-refractivity contribution is 6.10. The van der Waals surface area contributed by atoms with Gasteiger partial charge >= 0.3 is 0 Å². The van der Waals surface area contributed by atoms with Crippen molar-refractivity contribution in [2.45, 2.75) is 19.3 Å². The molecule has 0 radical (unpaired) electrons. The lowest BCUT2D eigenvalue weighted by Crippen LogP contribution is -2.05. The van der Waals surface area contributed by atoms with Crippen LogP contribution >= 0.6 is 0 Å². The van der Waals surface area contributed by atoms with Crippen LogP contribution in [-0.4, -0.2) is 12.9 Å². The molecule has 0 fully saturated rings. The van der Waals surface area contributed by atoms with Gasteiger partial charge in [0.1, 0.15) is 5.75 Å². The van der Waals surface area contributed by atoms with Gasteiger partial charge in [0.2, 0.25) is 0 Å². The van der Waals surface area contributed by atoms with Gasteiger partial charge in [-0.05, 0) is 42.5 Å². The van der Waals surface area contributed by atoms with E-state index in [0.29, 0.717) is 16.9 Å². The Bertz CT molecular complexity index is 615. The number of ketones is 1. The molecule has 2 nitrogen and oxygen atoms in total. The Morgan fingerprint density at radius 1 is 1.05 bits per heavy atom. The minimum Gasteiger partial charge on any atom is -0.496 e. The van der Waals surface area contributed by atoms with Gasteiger partial charge in [0.15, 0.2) is 5.78 Å².